The minimum absolute atomic E-state index is 0.0319. The molecular formula is C42H25BN2O. The number of aromatic nitrogens is 1. The molecule has 0 unspecified atom stereocenters. The first-order valence-electron chi connectivity index (χ1n) is 15.9. The fraction of sp³-hybridized carbons (Fsp3) is 0. The van der Waals surface area contributed by atoms with Crippen LogP contribution in [0.3, 0.4) is 0 Å². The SMILES string of the molecule is c1ccc(-n2c3ccccc3c3ccc4c5ccc6c(c5oc4c32)N2B(c3ccccc3-c3ccccc32)c2ccccc2-6)cc1. The standard InChI is InChI=1S/C42H25BN2O/c1-2-12-26(13-3-1)44-37-20-10-6-17-30(37)32-23-25-33-34-24-22-31-28-15-5-9-19-36(28)43-35-18-8-4-14-27(35)29-16-7-11-21-38(29)45(43)40(31)42(34)46-41(33)39(32)44/h1-25H. The van der Waals surface area contributed by atoms with Gasteiger partial charge in [-0.3, -0.25) is 0 Å². The van der Waals surface area contributed by atoms with Crippen molar-refractivity contribution < 1.29 is 4.42 Å². The van der Waals surface area contributed by atoms with Crippen LogP contribution in [0.2, 0.25) is 0 Å². The van der Waals surface area contributed by atoms with Gasteiger partial charge in [0.2, 0.25) is 0 Å². The average molecular weight is 584 g/mol. The van der Waals surface area contributed by atoms with Gasteiger partial charge in [0.15, 0.2) is 11.2 Å². The molecule has 2 aliphatic rings. The fourth-order valence-corrected chi connectivity index (χ4v) is 8.34. The van der Waals surface area contributed by atoms with Crippen LogP contribution in [0.5, 0.6) is 0 Å². The maximum Gasteiger partial charge on any atom is 0.329 e. The van der Waals surface area contributed by atoms with Gasteiger partial charge in [0.25, 0.3) is 0 Å². The van der Waals surface area contributed by atoms with Crippen molar-refractivity contribution in [2.24, 2.45) is 0 Å². The first-order valence-corrected chi connectivity index (χ1v) is 15.9. The second kappa shape index (κ2) is 8.80. The predicted molar refractivity (Wildman–Crippen MR) is 193 cm³/mol. The molecular weight excluding hydrogens is 559 g/mol. The zero-order valence-corrected chi connectivity index (χ0v) is 24.8. The molecule has 0 aliphatic carbocycles. The molecule has 0 fully saturated rings. The van der Waals surface area contributed by atoms with E-state index in [4.69, 9.17) is 4.42 Å². The van der Waals surface area contributed by atoms with Crippen molar-refractivity contribution in [3.05, 3.63) is 152 Å². The molecule has 9 aromatic rings. The van der Waals surface area contributed by atoms with Gasteiger partial charge in [0.1, 0.15) is 0 Å². The van der Waals surface area contributed by atoms with Crippen molar-refractivity contribution in [1.82, 2.24) is 4.57 Å². The Morgan fingerprint density at radius 1 is 0.435 bits per heavy atom. The van der Waals surface area contributed by atoms with Crippen LogP contribution >= 0.6 is 0 Å². The molecule has 0 saturated heterocycles. The molecule has 0 N–H and O–H groups in total. The molecule has 4 heterocycles. The topological polar surface area (TPSA) is 21.3 Å². The first-order chi connectivity index (χ1) is 22.9. The summed E-state index contributed by atoms with van der Waals surface area (Å²) in [6.45, 7) is 0.0319. The zero-order valence-electron chi connectivity index (χ0n) is 24.8. The molecule has 4 heteroatoms. The van der Waals surface area contributed by atoms with E-state index in [1.807, 2.05) is 0 Å². The highest BCUT2D eigenvalue weighted by Crippen LogP contribution is 2.51. The summed E-state index contributed by atoms with van der Waals surface area (Å²) in [5.41, 5.74) is 15.2. The second-order valence-electron chi connectivity index (χ2n) is 12.4. The molecule has 0 radical (unpaired) electrons. The molecule has 46 heavy (non-hydrogen) atoms. The predicted octanol–water partition coefficient (Wildman–Crippen LogP) is 9.59. The normalized spacial score (nSPS) is 13.1. The summed E-state index contributed by atoms with van der Waals surface area (Å²) in [6.07, 6.45) is 0. The molecule has 0 bridgehead atoms. The monoisotopic (exact) mass is 584 g/mol. The molecule has 2 aliphatic heterocycles. The van der Waals surface area contributed by atoms with Crippen LogP contribution in [0.25, 0.3) is 71.7 Å². The van der Waals surface area contributed by atoms with Crippen LogP contribution in [-0.4, -0.2) is 11.4 Å². The van der Waals surface area contributed by atoms with Gasteiger partial charge >= 0.3 is 6.85 Å². The Hall–Kier alpha value is -6.00. The number of fused-ring (bicyclic) bond motifs is 19. The van der Waals surface area contributed by atoms with Crippen LogP contribution in [0.15, 0.2) is 156 Å². The van der Waals surface area contributed by atoms with Crippen molar-refractivity contribution in [2.75, 3.05) is 4.81 Å². The molecule has 2 aromatic heterocycles. The summed E-state index contributed by atoms with van der Waals surface area (Å²) in [7, 11) is 0. The number of para-hydroxylation sites is 3. The third-order valence-electron chi connectivity index (χ3n) is 10.2. The molecule has 212 valence electrons. The van der Waals surface area contributed by atoms with Gasteiger partial charge in [0.05, 0.1) is 16.7 Å². The minimum atomic E-state index is 0.0319. The van der Waals surface area contributed by atoms with E-state index >= 15 is 0 Å². The van der Waals surface area contributed by atoms with Crippen LogP contribution in [0, 0.1) is 0 Å². The lowest BCUT2D eigenvalue weighted by molar-refractivity contribution is 0.671. The summed E-state index contributed by atoms with van der Waals surface area (Å²) in [4.78, 5) is 2.55. The first kappa shape index (κ1) is 24.3. The Morgan fingerprint density at radius 2 is 1.04 bits per heavy atom. The molecule has 3 nitrogen and oxygen atoms in total. The smallest absolute Gasteiger partial charge is 0.329 e. The lowest BCUT2D eigenvalue weighted by Crippen LogP contribution is -2.59. The summed E-state index contributed by atoms with van der Waals surface area (Å²) >= 11 is 0. The van der Waals surface area contributed by atoms with Crippen LogP contribution in [0.4, 0.5) is 11.4 Å². The number of rotatable bonds is 1. The Labute approximate surface area is 265 Å². The lowest BCUT2D eigenvalue weighted by Gasteiger charge is -2.43. The van der Waals surface area contributed by atoms with E-state index < -0.39 is 0 Å². The molecule has 0 atom stereocenters. The van der Waals surface area contributed by atoms with Crippen molar-refractivity contribution in [1.29, 1.82) is 0 Å². The number of furan rings is 1. The van der Waals surface area contributed by atoms with Gasteiger partial charge in [-0.25, -0.2) is 0 Å². The van der Waals surface area contributed by atoms with Gasteiger partial charge in [-0.05, 0) is 58.5 Å². The van der Waals surface area contributed by atoms with Crippen LogP contribution < -0.4 is 15.7 Å². The van der Waals surface area contributed by atoms with Gasteiger partial charge in [-0.1, -0.05) is 115 Å². The van der Waals surface area contributed by atoms with Crippen molar-refractivity contribution in [2.45, 2.75) is 0 Å². The highest BCUT2D eigenvalue weighted by Gasteiger charge is 2.43. The quantitative estimate of drug-likeness (QED) is 0.179. The number of anilines is 2. The Morgan fingerprint density at radius 3 is 1.87 bits per heavy atom. The van der Waals surface area contributed by atoms with E-state index in [2.05, 4.69) is 161 Å². The molecule has 0 saturated carbocycles. The van der Waals surface area contributed by atoms with E-state index in [0.717, 1.165) is 38.8 Å². The van der Waals surface area contributed by atoms with Gasteiger partial charge in [-0.15, -0.1) is 0 Å². The minimum Gasteiger partial charge on any atom is -0.452 e. The van der Waals surface area contributed by atoms with Gasteiger partial charge in [-0.2, -0.15) is 0 Å². The van der Waals surface area contributed by atoms with E-state index in [-0.39, 0.29) is 6.85 Å². The maximum absolute atomic E-state index is 7.26. The van der Waals surface area contributed by atoms with Crippen molar-refractivity contribution >= 4 is 72.9 Å². The summed E-state index contributed by atoms with van der Waals surface area (Å²) in [5, 5.41) is 4.68. The van der Waals surface area contributed by atoms with Gasteiger partial charge in [0, 0.05) is 44.0 Å². The highest BCUT2D eigenvalue weighted by atomic mass is 16.3. The van der Waals surface area contributed by atoms with E-state index in [0.29, 0.717) is 0 Å². The number of nitrogens with zero attached hydrogens (tertiary/aromatic N) is 2. The summed E-state index contributed by atoms with van der Waals surface area (Å²) in [5.74, 6) is 0. The summed E-state index contributed by atoms with van der Waals surface area (Å²) < 4.78 is 9.63. The molecule has 0 amide bonds. The Bertz CT molecular complexity index is 2720. The lowest BCUT2D eigenvalue weighted by atomic mass is 9.43. The molecule has 0 spiro atoms. The third kappa shape index (κ3) is 2.99. The van der Waals surface area contributed by atoms with Crippen molar-refractivity contribution in [3.8, 4) is 27.9 Å². The zero-order chi connectivity index (χ0) is 29.9. The Balaban J connectivity index is 1.31. The highest BCUT2D eigenvalue weighted by molar-refractivity contribution is 6.92. The van der Waals surface area contributed by atoms with E-state index in [1.54, 1.807) is 0 Å². The largest absolute Gasteiger partial charge is 0.452 e. The van der Waals surface area contributed by atoms with Crippen LogP contribution in [-0.2, 0) is 0 Å². The number of benzene rings is 7. The third-order valence-corrected chi connectivity index (χ3v) is 10.2. The van der Waals surface area contributed by atoms with E-state index in [9.17, 15) is 0 Å². The van der Waals surface area contributed by atoms with E-state index in [1.165, 1.54) is 55.2 Å². The fourth-order valence-electron chi connectivity index (χ4n) is 8.34. The van der Waals surface area contributed by atoms with Crippen LogP contribution in [0.1, 0.15) is 0 Å². The van der Waals surface area contributed by atoms with Gasteiger partial charge < -0.3 is 13.8 Å². The summed E-state index contributed by atoms with van der Waals surface area (Å²) in [6, 6.07) is 55.0. The second-order valence-corrected chi connectivity index (χ2v) is 12.4. The number of hydrogen-bond donors (Lipinski definition) is 0. The maximum atomic E-state index is 7.26. The number of hydrogen-bond acceptors (Lipinski definition) is 2. The average Bonchev–Trinajstić information content (AvgIpc) is 3.68. The Kier molecular flexibility index (Phi) is 4.66. The molecule has 7 aromatic carbocycles. The molecule has 11 rings (SSSR count). The van der Waals surface area contributed by atoms with Crippen molar-refractivity contribution in [3.63, 3.8) is 0 Å².